The van der Waals surface area contributed by atoms with Crippen molar-refractivity contribution in [2.75, 3.05) is 6.54 Å². The fourth-order valence-electron chi connectivity index (χ4n) is 1.61. The Kier molecular flexibility index (Phi) is 9.22. The van der Waals surface area contributed by atoms with Gasteiger partial charge in [0.25, 0.3) is 0 Å². The van der Waals surface area contributed by atoms with Gasteiger partial charge in [-0.2, -0.15) is 0 Å². The Bertz CT molecular complexity index is 258. The predicted molar refractivity (Wildman–Crippen MR) is 71.5 cm³/mol. The van der Waals surface area contributed by atoms with Gasteiger partial charge in [0.15, 0.2) is 0 Å². The third-order valence-electron chi connectivity index (χ3n) is 2.81. The van der Waals surface area contributed by atoms with Crippen molar-refractivity contribution >= 4 is 11.8 Å². The Balaban J connectivity index is 4.10. The lowest BCUT2D eigenvalue weighted by molar-refractivity contribution is -0.128. The van der Waals surface area contributed by atoms with Crippen molar-refractivity contribution in [3.05, 3.63) is 0 Å². The molecule has 0 saturated carbocycles. The van der Waals surface area contributed by atoms with E-state index >= 15 is 0 Å². The van der Waals surface area contributed by atoms with Crippen LogP contribution in [0.2, 0.25) is 0 Å². The van der Waals surface area contributed by atoms with E-state index in [-0.39, 0.29) is 5.91 Å². The van der Waals surface area contributed by atoms with Crippen molar-refractivity contribution in [3.63, 3.8) is 0 Å². The second-order valence-electron chi connectivity index (χ2n) is 4.50. The van der Waals surface area contributed by atoms with Crippen molar-refractivity contribution in [1.82, 2.24) is 5.32 Å². The molecule has 0 radical (unpaired) electrons. The van der Waals surface area contributed by atoms with E-state index in [2.05, 4.69) is 5.32 Å². The Morgan fingerprint density at radius 2 is 1.83 bits per heavy atom. The summed E-state index contributed by atoms with van der Waals surface area (Å²) >= 11 is 0. The first-order chi connectivity index (χ1) is 8.52. The molecule has 0 rings (SSSR count). The van der Waals surface area contributed by atoms with Gasteiger partial charge in [-0.1, -0.05) is 26.2 Å². The zero-order valence-corrected chi connectivity index (χ0v) is 11.2. The van der Waals surface area contributed by atoms with Crippen LogP contribution < -0.4 is 22.5 Å². The molecule has 0 bridgehead atoms. The number of nitrogens with one attached hydrogen (secondary N) is 1. The minimum Gasteiger partial charge on any atom is -0.368 e. The molecule has 0 aliphatic carbocycles. The summed E-state index contributed by atoms with van der Waals surface area (Å²) in [5, 5.41) is 2.61. The van der Waals surface area contributed by atoms with Gasteiger partial charge in [-0.3, -0.25) is 9.59 Å². The van der Waals surface area contributed by atoms with Gasteiger partial charge in [-0.05, 0) is 25.8 Å². The summed E-state index contributed by atoms with van der Waals surface area (Å²) in [6.07, 6.45) is 4.57. The first-order valence-corrected chi connectivity index (χ1v) is 6.58. The molecule has 0 spiro atoms. The summed E-state index contributed by atoms with van der Waals surface area (Å²) in [6.45, 7) is 2.60. The van der Waals surface area contributed by atoms with Crippen LogP contribution in [0.25, 0.3) is 0 Å². The van der Waals surface area contributed by atoms with Crippen LogP contribution >= 0.6 is 0 Å². The van der Waals surface area contributed by atoms with Crippen LogP contribution in [0.15, 0.2) is 0 Å². The largest absolute Gasteiger partial charge is 0.368 e. The number of hydrogen-bond donors (Lipinski definition) is 4. The molecule has 6 nitrogen and oxygen atoms in total. The summed E-state index contributed by atoms with van der Waals surface area (Å²) in [4.78, 5) is 22.9. The maximum Gasteiger partial charge on any atom is 0.240 e. The normalized spacial score (nSPS) is 13.9. The van der Waals surface area contributed by atoms with E-state index in [1.807, 2.05) is 6.92 Å². The quantitative estimate of drug-likeness (QED) is 0.398. The van der Waals surface area contributed by atoms with Crippen LogP contribution in [-0.4, -0.2) is 30.4 Å². The van der Waals surface area contributed by atoms with E-state index < -0.39 is 18.0 Å². The smallest absolute Gasteiger partial charge is 0.240 e. The minimum absolute atomic E-state index is 0.313. The molecule has 2 atom stereocenters. The Hall–Kier alpha value is -1.14. The lowest BCUT2D eigenvalue weighted by Crippen LogP contribution is -2.50. The highest BCUT2D eigenvalue weighted by molar-refractivity contribution is 5.88. The standard InChI is InChI=1S/C12H26N4O2/c1-2-3-7-10(11(15)17)16-12(18)9(14)6-4-5-8-13/h9-10H,2-8,13-14H2,1H3,(H2,15,17)(H,16,18)/t9-,10?/m1/s1. The Morgan fingerprint density at radius 1 is 1.17 bits per heavy atom. The topological polar surface area (TPSA) is 124 Å². The van der Waals surface area contributed by atoms with E-state index in [9.17, 15) is 9.59 Å². The Labute approximate surface area is 109 Å². The average Bonchev–Trinajstić information content (AvgIpc) is 2.33. The second-order valence-corrected chi connectivity index (χ2v) is 4.50. The molecule has 106 valence electrons. The van der Waals surface area contributed by atoms with Gasteiger partial charge in [-0.25, -0.2) is 0 Å². The van der Waals surface area contributed by atoms with Gasteiger partial charge in [0.05, 0.1) is 6.04 Å². The van der Waals surface area contributed by atoms with Crippen molar-refractivity contribution in [1.29, 1.82) is 0 Å². The van der Waals surface area contributed by atoms with Gasteiger partial charge in [0.1, 0.15) is 6.04 Å². The number of hydrogen-bond acceptors (Lipinski definition) is 4. The molecule has 0 fully saturated rings. The monoisotopic (exact) mass is 258 g/mol. The van der Waals surface area contributed by atoms with Crippen LogP contribution in [0.1, 0.15) is 45.4 Å². The second kappa shape index (κ2) is 9.85. The van der Waals surface area contributed by atoms with Crippen LogP contribution in [0, 0.1) is 0 Å². The number of nitrogens with two attached hydrogens (primary N) is 3. The predicted octanol–water partition coefficient (Wildman–Crippen LogP) is -0.397. The number of primary amides is 1. The molecule has 0 heterocycles. The molecule has 0 aliphatic rings. The molecular weight excluding hydrogens is 232 g/mol. The van der Waals surface area contributed by atoms with E-state index in [4.69, 9.17) is 17.2 Å². The van der Waals surface area contributed by atoms with E-state index in [0.717, 1.165) is 25.7 Å². The molecule has 18 heavy (non-hydrogen) atoms. The zero-order valence-electron chi connectivity index (χ0n) is 11.2. The summed E-state index contributed by atoms with van der Waals surface area (Å²) in [5.41, 5.74) is 16.3. The number of carbonyl (C=O) groups is 2. The maximum absolute atomic E-state index is 11.7. The lowest BCUT2D eigenvalue weighted by Gasteiger charge is -2.18. The Morgan fingerprint density at radius 3 is 2.33 bits per heavy atom. The summed E-state index contributed by atoms with van der Waals surface area (Å²) in [5.74, 6) is -0.821. The van der Waals surface area contributed by atoms with Crippen LogP contribution in [0.3, 0.4) is 0 Å². The fraction of sp³-hybridized carbons (Fsp3) is 0.833. The molecule has 0 aromatic heterocycles. The molecule has 0 aromatic carbocycles. The maximum atomic E-state index is 11.7. The molecule has 2 amide bonds. The van der Waals surface area contributed by atoms with Gasteiger partial charge < -0.3 is 22.5 Å². The van der Waals surface area contributed by atoms with Crippen LogP contribution in [0.4, 0.5) is 0 Å². The first kappa shape index (κ1) is 16.9. The molecule has 0 aliphatic heterocycles. The van der Waals surface area contributed by atoms with Crippen molar-refractivity contribution in [2.24, 2.45) is 17.2 Å². The van der Waals surface area contributed by atoms with E-state index in [1.165, 1.54) is 0 Å². The number of rotatable bonds is 10. The molecule has 1 unspecified atom stereocenters. The van der Waals surface area contributed by atoms with E-state index in [0.29, 0.717) is 19.4 Å². The van der Waals surface area contributed by atoms with E-state index in [1.54, 1.807) is 0 Å². The van der Waals surface area contributed by atoms with Crippen molar-refractivity contribution in [3.8, 4) is 0 Å². The van der Waals surface area contributed by atoms with Gasteiger partial charge >= 0.3 is 0 Å². The molecular formula is C12H26N4O2. The third-order valence-corrected chi connectivity index (χ3v) is 2.81. The van der Waals surface area contributed by atoms with Gasteiger partial charge in [-0.15, -0.1) is 0 Å². The van der Waals surface area contributed by atoms with Crippen LogP contribution in [-0.2, 0) is 9.59 Å². The van der Waals surface area contributed by atoms with Gasteiger partial charge in [0.2, 0.25) is 11.8 Å². The molecule has 0 saturated heterocycles. The third kappa shape index (κ3) is 7.24. The zero-order chi connectivity index (χ0) is 14.0. The molecule has 7 N–H and O–H groups in total. The van der Waals surface area contributed by atoms with Gasteiger partial charge in [0, 0.05) is 0 Å². The SMILES string of the molecule is CCCCC(NC(=O)[C@H](N)CCCCN)C(N)=O. The minimum atomic E-state index is -0.613. The summed E-state index contributed by atoms with van der Waals surface area (Å²) in [6, 6.07) is -1.21. The van der Waals surface area contributed by atoms with Crippen molar-refractivity contribution < 1.29 is 9.59 Å². The summed E-state index contributed by atoms with van der Waals surface area (Å²) in [7, 11) is 0. The highest BCUT2D eigenvalue weighted by Crippen LogP contribution is 2.02. The first-order valence-electron chi connectivity index (χ1n) is 6.58. The molecule has 0 aromatic rings. The number of amides is 2. The highest BCUT2D eigenvalue weighted by atomic mass is 16.2. The van der Waals surface area contributed by atoms with Crippen LogP contribution in [0.5, 0.6) is 0 Å². The highest BCUT2D eigenvalue weighted by Gasteiger charge is 2.20. The number of unbranched alkanes of at least 4 members (excludes halogenated alkanes) is 2. The fourth-order valence-corrected chi connectivity index (χ4v) is 1.61. The van der Waals surface area contributed by atoms with Crippen molar-refractivity contribution in [2.45, 2.75) is 57.5 Å². The average molecular weight is 258 g/mol. The lowest BCUT2D eigenvalue weighted by atomic mass is 10.1. The summed E-state index contributed by atoms with van der Waals surface area (Å²) < 4.78 is 0. The number of carbonyl (C=O) groups excluding carboxylic acids is 2. The molecule has 6 heteroatoms.